The third-order valence-electron chi connectivity index (χ3n) is 4.13. The van der Waals surface area contributed by atoms with Crippen LogP contribution < -0.4 is 15.4 Å². The summed E-state index contributed by atoms with van der Waals surface area (Å²) in [4.78, 5) is 23.6. The number of anilines is 1. The zero-order valence-corrected chi connectivity index (χ0v) is 14.0. The highest BCUT2D eigenvalue weighted by Crippen LogP contribution is 2.25. The maximum Gasteiger partial charge on any atom is 0.286 e. The van der Waals surface area contributed by atoms with Crippen molar-refractivity contribution in [3.05, 3.63) is 48.4 Å². The highest BCUT2D eigenvalue weighted by atomic mass is 16.5. The summed E-state index contributed by atoms with van der Waals surface area (Å²) in [5.41, 5.74) is 0.709. The summed E-state index contributed by atoms with van der Waals surface area (Å²) in [5, 5.41) is 5.44. The van der Waals surface area contributed by atoms with Crippen LogP contribution in [-0.4, -0.2) is 24.5 Å². The average Bonchev–Trinajstić information content (AvgIpc) is 3.30. The van der Waals surface area contributed by atoms with Crippen LogP contribution in [0, 0.1) is 0 Å². The fourth-order valence-corrected chi connectivity index (χ4v) is 2.82. The van der Waals surface area contributed by atoms with Gasteiger partial charge in [-0.1, -0.05) is 0 Å². The molecule has 1 heterocycles. The van der Waals surface area contributed by atoms with Gasteiger partial charge in [0.05, 0.1) is 12.4 Å². The van der Waals surface area contributed by atoms with Crippen molar-refractivity contribution in [2.24, 2.45) is 0 Å². The Bertz CT molecular complexity index is 689. The van der Waals surface area contributed by atoms with Crippen LogP contribution in [0.2, 0.25) is 0 Å². The fourth-order valence-electron chi connectivity index (χ4n) is 2.82. The van der Waals surface area contributed by atoms with Crippen molar-refractivity contribution in [3.63, 3.8) is 0 Å². The van der Waals surface area contributed by atoms with E-state index in [0.29, 0.717) is 11.8 Å². The number of carbonyl (C=O) groups is 2. The molecule has 1 aliphatic carbocycles. The highest BCUT2D eigenvalue weighted by Gasteiger charge is 2.16. The molecule has 0 spiro atoms. The second-order valence-corrected chi connectivity index (χ2v) is 6.08. The molecule has 0 atom stereocenters. The molecule has 25 heavy (non-hydrogen) atoms. The van der Waals surface area contributed by atoms with Gasteiger partial charge in [-0.05, 0) is 62.1 Å². The molecular formula is C19H22N2O4. The first kappa shape index (κ1) is 17.1. The summed E-state index contributed by atoms with van der Waals surface area (Å²) in [5.74, 6) is 0.573. The first-order chi connectivity index (χ1) is 12.2. The van der Waals surface area contributed by atoms with E-state index in [4.69, 9.17) is 9.15 Å². The zero-order chi connectivity index (χ0) is 17.5. The van der Waals surface area contributed by atoms with Crippen molar-refractivity contribution >= 4 is 17.5 Å². The zero-order valence-electron chi connectivity index (χ0n) is 14.0. The first-order valence-corrected chi connectivity index (χ1v) is 8.59. The third-order valence-corrected chi connectivity index (χ3v) is 4.13. The molecule has 1 aliphatic rings. The Hall–Kier alpha value is -2.76. The van der Waals surface area contributed by atoms with Crippen molar-refractivity contribution in [2.45, 2.75) is 38.2 Å². The molecule has 3 rings (SSSR count). The smallest absolute Gasteiger partial charge is 0.286 e. The van der Waals surface area contributed by atoms with Crippen LogP contribution in [0.15, 0.2) is 47.1 Å². The standard InChI is InChI=1S/C19H22N2O4/c22-18(11-12-20-19(23)17-6-3-13-24-17)21-14-7-9-16(10-8-14)25-15-4-1-2-5-15/h3,6-10,13,15H,1-2,4-5,11-12H2,(H,20,23)(H,21,22). The van der Waals surface area contributed by atoms with Crippen molar-refractivity contribution in [1.82, 2.24) is 5.32 Å². The van der Waals surface area contributed by atoms with Gasteiger partial charge < -0.3 is 19.8 Å². The topological polar surface area (TPSA) is 80.6 Å². The van der Waals surface area contributed by atoms with Crippen molar-refractivity contribution < 1.29 is 18.7 Å². The fraction of sp³-hybridized carbons (Fsp3) is 0.368. The summed E-state index contributed by atoms with van der Waals surface area (Å²) in [6.07, 6.45) is 6.63. The number of hydrogen-bond donors (Lipinski definition) is 2. The minimum atomic E-state index is -0.328. The largest absolute Gasteiger partial charge is 0.490 e. The predicted molar refractivity (Wildman–Crippen MR) is 93.6 cm³/mol. The molecule has 2 N–H and O–H groups in total. The number of ether oxygens (including phenoxy) is 1. The van der Waals surface area contributed by atoms with Crippen LogP contribution in [0.25, 0.3) is 0 Å². The number of rotatable bonds is 7. The van der Waals surface area contributed by atoms with E-state index in [0.717, 1.165) is 18.6 Å². The summed E-state index contributed by atoms with van der Waals surface area (Å²) < 4.78 is 10.9. The van der Waals surface area contributed by atoms with E-state index in [-0.39, 0.29) is 30.5 Å². The number of carbonyl (C=O) groups excluding carboxylic acids is 2. The molecule has 0 aliphatic heterocycles. The first-order valence-electron chi connectivity index (χ1n) is 8.59. The van der Waals surface area contributed by atoms with E-state index in [1.807, 2.05) is 24.3 Å². The Morgan fingerprint density at radius 2 is 1.88 bits per heavy atom. The molecule has 6 nitrogen and oxygen atoms in total. The van der Waals surface area contributed by atoms with E-state index in [2.05, 4.69) is 10.6 Å². The van der Waals surface area contributed by atoms with Gasteiger partial charge in [-0.25, -0.2) is 0 Å². The van der Waals surface area contributed by atoms with E-state index < -0.39 is 0 Å². The van der Waals surface area contributed by atoms with Crippen molar-refractivity contribution in [1.29, 1.82) is 0 Å². The molecule has 0 unspecified atom stereocenters. The molecule has 1 fully saturated rings. The van der Waals surface area contributed by atoms with Gasteiger partial charge in [0.1, 0.15) is 5.75 Å². The molecule has 6 heteroatoms. The van der Waals surface area contributed by atoms with E-state index in [1.54, 1.807) is 12.1 Å². The molecule has 2 amide bonds. The Balaban J connectivity index is 1.39. The second-order valence-electron chi connectivity index (χ2n) is 6.08. The Morgan fingerprint density at radius 3 is 2.56 bits per heavy atom. The van der Waals surface area contributed by atoms with Gasteiger partial charge in [0, 0.05) is 18.7 Å². The van der Waals surface area contributed by atoms with Crippen LogP contribution in [0.1, 0.15) is 42.7 Å². The number of furan rings is 1. The molecule has 0 bridgehead atoms. The molecule has 1 saturated carbocycles. The Kier molecular flexibility index (Phi) is 5.72. The van der Waals surface area contributed by atoms with Crippen molar-refractivity contribution in [3.8, 4) is 5.75 Å². The van der Waals surface area contributed by atoms with Gasteiger partial charge in [0.15, 0.2) is 5.76 Å². The van der Waals surface area contributed by atoms with Crippen LogP contribution >= 0.6 is 0 Å². The van der Waals surface area contributed by atoms with Crippen LogP contribution in [0.3, 0.4) is 0 Å². The monoisotopic (exact) mass is 342 g/mol. The molecule has 0 saturated heterocycles. The van der Waals surface area contributed by atoms with Gasteiger partial charge in [0.25, 0.3) is 5.91 Å². The summed E-state index contributed by atoms with van der Waals surface area (Å²) in [7, 11) is 0. The van der Waals surface area contributed by atoms with Gasteiger partial charge in [-0.3, -0.25) is 9.59 Å². The minimum absolute atomic E-state index is 0.163. The summed E-state index contributed by atoms with van der Waals surface area (Å²) in [6.45, 7) is 0.244. The predicted octanol–water partition coefficient (Wildman–Crippen LogP) is 3.36. The SMILES string of the molecule is O=C(CCNC(=O)c1ccco1)Nc1ccc(OC2CCCC2)cc1. The van der Waals surface area contributed by atoms with Gasteiger partial charge in [-0.15, -0.1) is 0 Å². The van der Waals surface area contributed by atoms with Gasteiger partial charge in [-0.2, -0.15) is 0 Å². The van der Waals surface area contributed by atoms with E-state index in [1.165, 1.54) is 19.1 Å². The normalized spacial score (nSPS) is 14.2. The summed E-state index contributed by atoms with van der Waals surface area (Å²) >= 11 is 0. The van der Waals surface area contributed by atoms with E-state index >= 15 is 0 Å². The lowest BCUT2D eigenvalue weighted by atomic mass is 10.2. The Labute approximate surface area is 146 Å². The quantitative estimate of drug-likeness (QED) is 0.808. The van der Waals surface area contributed by atoms with Crippen LogP contribution in [0.4, 0.5) is 5.69 Å². The number of amides is 2. The lowest BCUT2D eigenvalue weighted by Crippen LogP contribution is -2.27. The number of hydrogen-bond acceptors (Lipinski definition) is 4. The highest BCUT2D eigenvalue weighted by molar-refractivity contribution is 5.93. The third kappa shape index (κ3) is 5.11. The number of benzene rings is 1. The summed E-state index contributed by atoms with van der Waals surface area (Å²) in [6, 6.07) is 10.6. The van der Waals surface area contributed by atoms with Crippen LogP contribution in [0.5, 0.6) is 5.75 Å². The molecule has 2 aromatic rings. The molecule has 132 valence electrons. The minimum Gasteiger partial charge on any atom is -0.490 e. The second kappa shape index (κ2) is 8.37. The lowest BCUT2D eigenvalue weighted by Gasteiger charge is -2.13. The van der Waals surface area contributed by atoms with Crippen LogP contribution in [-0.2, 0) is 4.79 Å². The molecule has 0 radical (unpaired) electrons. The molecule has 1 aromatic heterocycles. The van der Waals surface area contributed by atoms with Crippen molar-refractivity contribution in [2.75, 3.05) is 11.9 Å². The van der Waals surface area contributed by atoms with Gasteiger partial charge >= 0.3 is 0 Å². The maximum absolute atomic E-state index is 11.9. The average molecular weight is 342 g/mol. The van der Waals surface area contributed by atoms with E-state index in [9.17, 15) is 9.59 Å². The molecular weight excluding hydrogens is 320 g/mol. The maximum atomic E-state index is 11.9. The number of nitrogens with one attached hydrogen (secondary N) is 2. The molecule has 1 aromatic carbocycles. The Morgan fingerprint density at radius 1 is 1.12 bits per heavy atom. The van der Waals surface area contributed by atoms with Gasteiger partial charge in [0.2, 0.25) is 5.91 Å². The lowest BCUT2D eigenvalue weighted by molar-refractivity contribution is -0.116.